The quantitative estimate of drug-likeness (QED) is 0.640. The Hall–Kier alpha value is -0.340. The summed E-state index contributed by atoms with van der Waals surface area (Å²) in [6.07, 6.45) is 6.12. The van der Waals surface area contributed by atoms with E-state index < -0.39 is 0 Å². The van der Waals surface area contributed by atoms with Crippen LogP contribution in [0.3, 0.4) is 0 Å². The maximum Gasteiger partial charge on any atom is 0.0923 e. The van der Waals surface area contributed by atoms with Gasteiger partial charge in [0.1, 0.15) is 0 Å². The first-order chi connectivity index (χ1) is 6.82. The van der Waals surface area contributed by atoms with Gasteiger partial charge in [-0.15, -0.1) is 0 Å². The second kappa shape index (κ2) is 3.07. The van der Waals surface area contributed by atoms with Crippen LogP contribution >= 0.6 is 0 Å². The van der Waals surface area contributed by atoms with Crippen LogP contribution in [0.5, 0.6) is 0 Å². The highest BCUT2D eigenvalue weighted by Gasteiger charge is 2.48. The minimum absolute atomic E-state index is 0.153. The number of hydrogen-bond donors (Lipinski definition) is 1. The maximum atomic E-state index is 6.01. The van der Waals surface area contributed by atoms with E-state index in [9.17, 15) is 0 Å². The molecular formula is C12H19NO. The molecule has 2 aliphatic heterocycles. The van der Waals surface area contributed by atoms with Crippen LogP contribution in [0.2, 0.25) is 0 Å². The SMILES string of the molecule is CC1C[C@@H]1C1=CCOC12CCNCC2. The monoisotopic (exact) mass is 193 g/mol. The number of ether oxygens (including phenoxy) is 1. The van der Waals surface area contributed by atoms with E-state index in [1.54, 1.807) is 5.57 Å². The van der Waals surface area contributed by atoms with E-state index in [1.165, 1.54) is 19.3 Å². The fourth-order valence-corrected chi connectivity index (χ4v) is 3.07. The Kier molecular flexibility index (Phi) is 1.96. The van der Waals surface area contributed by atoms with Crippen molar-refractivity contribution < 1.29 is 4.74 Å². The molecule has 2 fully saturated rings. The van der Waals surface area contributed by atoms with Gasteiger partial charge < -0.3 is 10.1 Å². The fraction of sp³-hybridized carbons (Fsp3) is 0.833. The predicted molar refractivity (Wildman–Crippen MR) is 56.1 cm³/mol. The number of rotatable bonds is 1. The smallest absolute Gasteiger partial charge is 0.0923 e. The molecule has 0 aromatic rings. The van der Waals surface area contributed by atoms with Crippen molar-refractivity contribution in [2.24, 2.45) is 11.8 Å². The molecule has 2 heteroatoms. The fourth-order valence-electron chi connectivity index (χ4n) is 3.07. The number of hydrogen-bond acceptors (Lipinski definition) is 2. The average molecular weight is 193 g/mol. The number of nitrogens with one attached hydrogen (secondary N) is 1. The minimum atomic E-state index is 0.153. The molecule has 3 aliphatic rings. The molecule has 14 heavy (non-hydrogen) atoms. The van der Waals surface area contributed by atoms with Crippen LogP contribution < -0.4 is 5.32 Å². The molecule has 1 unspecified atom stereocenters. The van der Waals surface area contributed by atoms with Crippen molar-refractivity contribution >= 4 is 0 Å². The van der Waals surface area contributed by atoms with Crippen LogP contribution in [-0.4, -0.2) is 25.3 Å². The first-order valence-electron chi connectivity index (χ1n) is 5.87. The molecule has 2 atom stereocenters. The van der Waals surface area contributed by atoms with E-state index in [-0.39, 0.29) is 5.60 Å². The molecule has 78 valence electrons. The Morgan fingerprint density at radius 1 is 1.43 bits per heavy atom. The molecule has 1 aliphatic carbocycles. The second-order valence-electron chi connectivity index (χ2n) is 5.03. The summed E-state index contributed by atoms with van der Waals surface area (Å²) in [7, 11) is 0. The van der Waals surface area contributed by atoms with Crippen LogP contribution in [0.4, 0.5) is 0 Å². The highest BCUT2D eigenvalue weighted by molar-refractivity contribution is 5.30. The summed E-state index contributed by atoms with van der Waals surface area (Å²) < 4.78 is 6.01. The topological polar surface area (TPSA) is 21.3 Å². The molecule has 1 saturated heterocycles. The van der Waals surface area contributed by atoms with Gasteiger partial charge in [-0.3, -0.25) is 0 Å². The third-order valence-corrected chi connectivity index (χ3v) is 4.11. The lowest BCUT2D eigenvalue weighted by Gasteiger charge is -2.36. The molecule has 2 nitrogen and oxygen atoms in total. The first-order valence-corrected chi connectivity index (χ1v) is 5.87. The first kappa shape index (κ1) is 8.93. The third kappa shape index (κ3) is 1.24. The maximum absolute atomic E-state index is 6.01. The van der Waals surface area contributed by atoms with E-state index in [2.05, 4.69) is 18.3 Å². The van der Waals surface area contributed by atoms with Crippen molar-refractivity contribution in [3.05, 3.63) is 11.6 Å². The summed E-state index contributed by atoms with van der Waals surface area (Å²) in [6, 6.07) is 0. The van der Waals surface area contributed by atoms with Crippen molar-refractivity contribution in [2.45, 2.75) is 31.8 Å². The van der Waals surface area contributed by atoms with Crippen molar-refractivity contribution in [1.82, 2.24) is 5.32 Å². The summed E-state index contributed by atoms with van der Waals surface area (Å²) in [6.45, 7) is 5.47. The summed E-state index contributed by atoms with van der Waals surface area (Å²) in [4.78, 5) is 0. The van der Waals surface area contributed by atoms with E-state index in [4.69, 9.17) is 4.74 Å². The van der Waals surface area contributed by atoms with Gasteiger partial charge in [-0.1, -0.05) is 13.0 Å². The van der Waals surface area contributed by atoms with Crippen molar-refractivity contribution in [1.29, 1.82) is 0 Å². The summed E-state index contributed by atoms with van der Waals surface area (Å²) >= 11 is 0. The second-order valence-corrected chi connectivity index (χ2v) is 5.03. The zero-order chi connectivity index (χ0) is 9.60. The van der Waals surface area contributed by atoms with Crippen LogP contribution in [0.1, 0.15) is 26.2 Å². The molecule has 0 aromatic carbocycles. The van der Waals surface area contributed by atoms with Crippen molar-refractivity contribution in [3.63, 3.8) is 0 Å². The van der Waals surface area contributed by atoms with Crippen LogP contribution in [0, 0.1) is 11.8 Å². The van der Waals surface area contributed by atoms with Gasteiger partial charge in [-0.25, -0.2) is 0 Å². The minimum Gasteiger partial charge on any atom is -0.366 e. The average Bonchev–Trinajstić information content (AvgIpc) is 2.78. The van der Waals surface area contributed by atoms with Gasteiger partial charge in [-0.2, -0.15) is 0 Å². The molecule has 0 aromatic heterocycles. The molecule has 1 saturated carbocycles. The van der Waals surface area contributed by atoms with E-state index in [0.29, 0.717) is 0 Å². The van der Waals surface area contributed by atoms with Crippen LogP contribution in [0.15, 0.2) is 11.6 Å². The van der Waals surface area contributed by atoms with Gasteiger partial charge in [0.05, 0.1) is 12.2 Å². The standard InChI is InChI=1S/C12H19NO/c1-9-8-10(9)11-2-7-14-12(11)3-5-13-6-4-12/h2,9-10,13H,3-8H2,1H3/t9?,10-/m0/s1. The van der Waals surface area contributed by atoms with Crippen LogP contribution in [0.25, 0.3) is 0 Å². The number of piperidine rings is 1. The summed E-state index contributed by atoms with van der Waals surface area (Å²) in [5.41, 5.74) is 1.80. The van der Waals surface area contributed by atoms with Gasteiger partial charge in [0.15, 0.2) is 0 Å². The summed E-state index contributed by atoms with van der Waals surface area (Å²) in [5.74, 6) is 1.77. The van der Waals surface area contributed by atoms with Gasteiger partial charge in [0.2, 0.25) is 0 Å². The van der Waals surface area contributed by atoms with Gasteiger partial charge in [0.25, 0.3) is 0 Å². The Labute approximate surface area is 85.7 Å². The molecule has 2 heterocycles. The van der Waals surface area contributed by atoms with Gasteiger partial charge >= 0.3 is 0 Å². The third-order valence-electron chi connectivity index (χ3n) is 4.11. The Morgan fingerprint density at radius 3 is 2.79 bits per heavy atom. The lowest BCUT2D eigenvalue weighted by atomic mass is 9.82. The van der Waals surface area contributed by atoms with Crippen LogP contribution in [-0.2, 0) is 4.74 Å². The molecule has 0 bridgehead atoms. The highest BCUT2D eigenvalue weighted by atomic mass is 16.5. The van der Waals surface area contributed by atoms with Crippen molar-refractivity contribution in [3.8, 4) is 0 Å². The van der Waals surface area contributed by atoms with Gasteiger partial charge in [-0.05, 0) is 49.8 Å². The molecule has 3 rings (SSSR count). The normalized spacial score (nSPS) is 39.9. The lowest BCUT2D eigenvalue weighted by molar-refractivity contribution is -0.00815. The van der Waals surface area contributed by atoms with E-state index >= 15 is 0 Å². The Bertz CT molecular complexity index is 265. The molecular weight excluding hydrogens is 174 g/mol. The van der Waals surface area contributed by atoms with Crippen molar-refractivity contribution in [2.75, 3.05) is 19.7 Å². The van der Waals surface area contributed by atoms with E-state index in [0.717, 1.165) is 31.5 Å². The Morgan fingerprint density at radius 2 is 2.14 bits per heavy atom. The largest absolute Gasteiger partial charge is 0.366 e. The van der Waals surface area contributed by atoms with Gasteiger partial charge in [0, 0.05) is 0 Å². The highest BCUT2D eigenvalue weighted by Crippen LogP contribution is 2.52. The zero-order valence-corrected chi connectivity index (χ0v) is 8.88. The molecule has 0 radical (unpaired) electrons. The molecule has 1 N–H and O–H groups in total. The summed E-state index contributed by atoms with van der Waals surface area (Å²) in [5, 5.41) is 3.42. The van der Waals surface area contributed by atoms with E-state index in [1.807, 2.05) is 0 Å². The lowest BCUT2D eigenvalue weighted by Crippen LogP contribution is -2.43. The predicted octanol–water partition coefficient (Wildman–Crippen LogP) is 1.72. The molecule has 1 spiro atoms. The molecule has 0 amide bonds. The Balaban J connectivity index is 1.81. The zero-order valence-electron chi connectivity index (χ0n) is 8.88.